The van der Waals surface area contributed by atoms with Crippen LogP contribution in [0.25, 0.3) is 6.08 Å². The Labute approximate surface area is 229 Å². The summed E-state index contributed by atoms with van der Waals surface area (Å²) in [4.78, 5) is 41.7. The van der Waals surface area contributed by atoms with E-state index in [0.717, 1.165) is 17.5 Å². The van der Waals surface area contributed by atoms with Crippen molar-refractivity contribution in [2.45, 2.75) is 57.2 Å². The first-order valence-electron chi connectivity index (χ1n) is 13.7. The fourth-order valence-corrected chi connectivity index (χ4v) is 5.06. The largest absolute Gasteiger partial charge is 0.508 e. The van der Waals surface area contributed by atoms with Crippen LogP contribution >= 0.6 is 0 Å². The first-order chi connectivity index (χ1) is 19.0. The molecule has 0 spiro atoms. The van der Waals surface area contributed by atoms with Gasteiger partial charge in [0, 0.05) is 25.2 Å². The van der Waals surface area contributed by atoms with Gasteiger partial charge < -0.3 is 30.7 Å². The molecule has 0 radical (unpaired) electrons. The fourth-order valence-electron chi connectivity index (χ4n) is 5.06. The quantitative estimate of drug-likeness (QED) is 0.478. The number of hydrogen-bond donors (Lipinski definition) is 4. The van der Waals surface area contributed by atoms with E-state index in [9.17, 15) is 19.5 Å². The normalized spacial score (nSPS) is 23.9. The number of aromatic hydroxyl groups is 1. The molecule has 0 unspecified atom stereocenters. The highest BCUT2D eigenvalue weighted by atomic mass is 16.5. The van der Waals surface area contributed by atoms with Crippen molar-refractivity contribution in [3.8, 4) is 11.5 Å². The van der Waals surface area contributed by atoms with Crippen LogP contribution in [-0.4, -0.2) is 72.1 Å². The molecule has 0 saturated carbocycles. The van der Waals surface area contributed by atoms with Gasteiger partial charge in [0.2, 0.25) is 17.7 Å². The van der Waals surface area contributed by atoms with Crippen LogP contribution in [0.5, 0.6) is 11.5 Å². The van der Waals surface area contributed by atoms with Crippen LogP contribution in [0.15, 0.2) is 54.6 Å². The van der Waals surface area contributed by atoms with E-state index >= 15 is 0 Å². The zero-order valence-electron chi connectivity index (χ0n) is 22.4. The van der Waals surface area contributed by atoms with Crippen LogP contribution < -0.4 is 20.7 Å². The molecule has 4 N–H and O–H groups in total. The second-order valence-corrected chi connectivity index (χ2v) is 9.95. The maximum Gasteiger partial charge on any atom is 0.243 e. The van der Waals surface area contributed by atoms with Gasteiger partial charge in [-0.3, -0.25) is 14.4 Å². The van der Waals surface area contributed by atoms with Crippen molar-refractivity contribution >= 4 is 23.8 Å². The summed E-state index contributed by atoms with van der Waals surface area (Å²) in [5.41, 5.74) is 1.76. The van der Waals surface area contributed by atoms with Crippen LogP contribution in [0.3, 0.4) is 0 Å². The molecule has 208 valence electrons. The summed E-state index contributed by atoms with van der Waals surface area (Å²) in [6.07, 6.45) is 6.64. The van der Waals surface area contributed by atoms with Crippen molar-refractivity contribution in [2.75, 3.05) is 26.2 Å². The van der Waals surface area contributed by atoms with E-state index in [1.54, 1.807) is 29.2 Å². The third kappa shape index (κ3) is 7.60. The number of amides is 3. The number of rotatable bonds is 4. The molecule has 39 heavy (non-hydrogen) atoms. The monoisotopic (exact) mass is 534 g/mol. The number of para-hydroxylation sites is 1. The van der Waals surface area contributed by atoms with Gasteiger partial charge in [0.05, 0.1) is 6.04 Å². The van der Waals surface area contributed by atoms with Crippen molar-refractivity contribution in [2.24, 2.45) is 0 Å². The van der Waals surface area contributed by atoms with Gasteiger partial charge >= 0.3 is 0 Å². The molecule has 1 fully saturated rings. The summed E-state index contributed by atoms with van der Waals surface area (Å²) in [6, 6.07) is 12.5. The van der Waals surface area contributed by atoms with Gasteiger partial charge in [-0.15, -0.1) is 0 Å². The smallest absolute Gasteiger partial charge is 0.243 e. The molecule has 1 saturated heterocycles. The molecule has 3 atom stereocenters. The van der Waals surface area contributed by atoms with Crippen LogP contribution in [0, 0.1) is 0 Å². The zero-order chi connectivity index (χ0) is 27.6. The third-order valence-corrected chi connectivity index (χ3v) is 7.08. The maximum absolute atomic E-state index is 13.8. The Morgan fingerprint density at radius 2 is 1.82 bits per heavy atom. The Bertz CT molecular complexity index is 1170. The molecule has 2 aromatic carbocycles. The topological polar surface area (TPSA) is 120 Å². The van der Waals surface area contributed by atoms with Crippen molar-refractivity contribution < 1.29 is 24.2 Å². The Morgan fingerprint density at radius 3 is 2.62 bits per heavy atom. The van der Waals surface area contributed by atoms with Gasteiger partial charge in [-0.05, 0) is 49.4 Å². The van der Waals surface area contributed by atoms with Crippen LogP contribution in [0.4, 0.5) is 0 Å². The number of benzene rings is 2. The van der Waals surface area contributed by atoms with Gasteiger partial charge in [0.15, 0.2) is 0 Å². The van der Waals surface area contributed by atoms with Crippen LogP contribution in [0.2, 0.25) is 0 Å². The number of nitrogens with one attached hydrogen (secondary N) is 3. The number of carbonyl (C=O) groups is 3. The Kier molecular flexibility index (Phi) is 9.97. The summed E-state index contributed by atoms with van der Waals surface area (Å²) in [5, 5.41) is 18.8. The number of carbonyl (C=O) groups excluding carboxylic acids is 3. The molecule has 2 heterocycles. The molecule has 0 aliphatic carbocycles. The predicted octanol–water partition coefficient (Wildman–Crippen LogP) is 2.39. The molecule has 2 aliphatic rings. The lowest BCUT2D eigenvalue weighted by Gasteiger charge is -2.30. The highest BCUT2D eigenvalue weighted by Gasteiger charge is 2.38. The molecular weight excluding hydrogens is 496 g/mol. The van der Waals surface area contributed by atoms with E-state index in [1.165, 1.54) is 0 Å². The third-order valence-electron chi connectivity index (χ3n) is 7.08. The van der Waals surface area contributed by atoms with E-state index in [2.05, 4.69) is 16.0 Å². The maximum atomic E-state index is 13.8. The number of nitrogens with zero attached hydrogens (tertiary/aromatic N) is 1. The highest BCUT2D eigenvalue weighted by Crippen LogP contribution is 2.22. The lowest BCUT2D eigenvalue weighted by Crippen LogP contribution is -2.56. The molecule has 0 bridgehead atoms. The molecular formula is C30H38N4O5. The second-order valence-electron chi connectivity index (χ2n) is 9.95. The average Bonchev–Trinajstić information content (AvgIpc) is 3.43. The number of ether oxygens (including phenoxy) is 1. The Hall–Kier alpha value is -3.85. The summed E-state index contributed by atoms with van der Waals surface area (Å²) in [6.45, 7) is 3.52. The first-order valence-corrected chi connectivity index (χ1v) is 13.7. The molecule has 2 aromatic rings. The van der Waals surface area contributed by atoms with Crippen molar-refractivity contribution in [1.29, 1.82) is 0 Å². The van der Waals surface area contributed by atoms with Gasteiger partial charge in [-0.1, -0.05) is 55.8 Å². The minimum Gasteiger partial charge on any atom is -0.508 e. The van der Waals surface area contributed by atoms with Gasteiger partial charge in [-0.2, -0.15) is 0 Å². The van der Waals surface area contributed by atoms with Crippen LogP contribution in [0.1, 0.15) is 43.7 Å². The van der Waals surface area contributed by atoms with E-state index in [4.69, 9.17) is 4.74 Å². The van der Waals surface area contributed by atoms with Crippen LogP contribution in [-0.2, 0) is 20.8 Å². The van der Waals surface area contributed by atoms with Crippen molar-refractivity contribution in [3.05, 3.63) is 65.7 Å². The number of phenolic OH excluding ortho intramolecular Hbond substituents is 1. The van der Waals surface area contributed by atoms with Gasteiger partial charge in [0.25, 0.3) is 0 Å². The van der Waals surface area contributed by atoms with E-state index < -0.39 is 18.1 Å². The second kappa shape index (κ2) is 13.8. The molecule has 9 heteroatoms. The Balaban J connectivity index is 1.60. The van der Waals surface area contributed by atoms with E-state index in [-0.39, 0.29) is 23.5 Å². The van der Waals surface area contributed by atoms with Gasteiger partial charge in [-0.25, -0.2) is 0 Å². The van der Waals surface area contributed by atoms with Crippen molar-refractivity contribution in [1.82, 2.24) is 20.9 Å². The summed E-state index contributed by atoms with van der Waals surface area (Å²) in [5.74, 6) is 0.155. The number of phenols is 1. The van der Waals surface area contributed by atoms with E-state index in [0.29, 0.717) is 57.7 Å². The lowest BCUT2D eigenvalue weighted by molar-refractivity contribution is -0.141. The molecule has 4 rings (SSSR count). The average molecular weight is 535 g/mol. The SMILES string of the molecule is CCC[C@@H]1NC(=O)[C@H]2CCCN2C(=O)[C@@H](Cc2ccc(O)cc2)NCCOc2ccccc2/C=C/CNC1=O. The zero-order valence-corrected chi connectivity index (χ0v) is 22.4. The minimum absolute atomic E-state index is 0.158. The number of fused-ring (bicyclic) bond motifs is 2. The highest BCUT2D eigenvalue weighted by molar-refractivity contribution is 5.93. The first kappa shape index (κ1) is 28.2. The standard InChI is InChI=1S/C30H38N4O5/c1-2-7-24-28(36)32-16-5-9-22-8-3-4-11-27(22)39-19-17-31-25(20-21-12-14-23(35)15-13-21)30(38)34-18-6-10-26(34)29(37)33-24/h3-5,8-9,11-15,24-26,31,35H,2,6-7,10,16-20H2,1H3,(H,32,36)(H,33,37)/b9-5+/t24-,25+,26+/m0/s1. The molecule has 3 amide bonds. The van der Waals surface area contributed by atoms with Gasteiger partial charge in [0.1, 0.15) is 30.2 Å². The molecule has 9 nitrogen and oxygen atoms in total. The van der Waals surface area contributed by atoms with Crippen molar-refractivity contribution in [3.63, 3.8) is 0 Å². The molecule has 2 aliphatic heterocycles. The Morgan fingerprint density at radius 1 is 1.03 bits per heavy atom. The summed E-state index contributed by atoms with van der Waals surface area (Å²) in [7, 11) is 0. The number of hydrogen-bond acceptors (Lipinski definition) is 6. The lowest BCUT2D eigenvalue weighted by atomic mass is 10.0. The summed E-state index contributed by atoms with van der Waals surface area (Å²) >= 11 is 0. The fraction of sp³-hybridized carbons (Fsp3) is 0.433. The predicted molar refractivity (Wildman–Crippen MR) is 149 cm³/mol. The molecule has 0 aromatic heterocycles. The van der Waals surface area contributed by atoms with E-state index in [1.807, 2.05) is 43.3 Å². The minimum atomic E-state index is -0.672. The summed E-state index contributed by atoms with van der Waals surface area (Å²) < 4.78 is 6.03.